The fraction of sp³-hybridized carbons (Fsp3) is 0.115. The van der Waals surface area contributed by atoms with Crippen LogP contribution < -0.4 is 4.57 Å². The van der Waals surface area contributed by atoms with Crippen molar-refractivity contribution in [2.24, 2.45) is 7.05 Å². The van der Waals surface area contributed by atoms with E-state index in [0.717, 1.165) is 11.2 Å². The van der Waals surface area contributed by atoms with Crippen LogP contribution in [0, 0.1) is 13.8 Å². The van der Waals surface area contributed by atoms with E-state index in [4.69, 9.17) is 4.42 Å². The maximum Gasteiger partial charge on any atom is 0.230 e. The zero-order chi connectivity index (χ0) is 19.7. The lowest BCUT2D eigenvalue weighted by atomic mass is 9.99. The van der Waals surface area contributed by atoms with Crippen molar-refractivity contribution in [3.8, 4) is 11.3 Å². The minimum absolute atomic E-state index is 0.952. The van der Waals surface area contributed by atoms with E-state index in [0.29, 0.717) is 0 Å². The standard InChI is InChI=1S/C26H20NOS/c1-15-14-29-26-19(15)10-11-27(3)24(26)20-8-9-21-22-12-17-6-4-5-7-18(17)13-23(22)28-25(21)16(20)2/h4-14H,1-3H3/q+1. The number of hydrogen-bond donors (Lipinski definition) is 0. The van der Waals surface area contributed by atoms with E-state index in [2.05, 4.69) is 91.6 Å². The van der Waals surface area contributed by atoms with Crippen LogP contribution in [-0.4, -0.2) is 0 Å². The highest BCUT2D eigenvalue weighted by Crippen LogP contribution is 2.39. The normalized spacial score (nSPS) is 12.0. The van der Waals surface area contributed by atoms with Gasteiger partial charge < -0.3 is 4.42 Å². The van der Waals surface area contributed by atoms with Crippen LogP contribution in [0.4, 0.5) is 0 Å². The first-order valence-corrected chi connectivity index (χ1v) is 10.7. The van der Waals surface area contributed by atoms with E-state index in [9.17, 15) is 0 Å². The Balaban J connectivity index is 1.69. The second-order valence-corrected chi connectivity index (χ2v) is 8.73. The van der Waals surface area contributed by atoms with E-state index in [1.54, 1.807) is 0 Å². The van der Waals surface area contributed by atoms with Crippen LogP contribution in [0.25, 0.3) is 54.1 Å². The predicted molar refractivity (Wildman–Crippen MR) is 123 cm³/mol. The largest absolute Gasteiger partial charge is 0.456 e. The number of aryl methyl sites for hydroxylation is 3. The average molecular weight is 395 g/mol. The molecule has 0 bridgehead atoms. The molecule has 3 aromatic heterocycles. The Bertz CT molecular complexity index is 1590. The van der Waals surface area contributed by atoms with Crippen LogP contribution in [0.1, 0.15) is 11.1 Å². The van der Waals surface area contributed by atoms with E-state index in [1.807, 2.05) is 11.3 Å². The zero-order valence-corrected chi connectivity index (χ0v) is 17.4. The van der Waals surface area contributed by atoms with Crippen molar-refractivity contribution in [2.45, 2.75) is 13.8 Å². The fourth-order valence-corrected chi connectivity index (χ4v) is 5.64. The SMILES string of the molecule is Cc1csc2c(-c3ccc4c(oc5cc6ccccc6cc54)c3C)[n+](C)ccc12. The van der Waals surface area contributed by atoms with Crippen molar-refractivity contribution < 1.29 is 8.98 Å². The molecular formula is C26H20NOS+. The first-order valence-electron chi connectivity index (χ1n) is 9.83. The molecule has 2 nitrogen and oxygen atoms in total. The number of hydrogen-bond acceptors (Lipinski definition) is 2. The molecule has 0 radical (unpaired) electrons. The smallest absolute Gasteiger partial charge is 0.230 e. The molecule has 0 unspecified atom stereocenters. The molecular weight excluding hydrogens is 374 g/mol. The van der Waals surface area contributed by atoms with Gasteiger partial charge in [-0.05, 0) is 59.8 Å². The highest BCUT2D eigenvalue weighted by Gasteiger charge is 2.22. The van der Waals surface area contributed by atoms with Crippen molar-refractivity contribution in [3.63, 3.8) is 0 Å². The summed E-state index contributed by atoms with van der Waals surface area (Å²) in [5.74, 6) is 0. The van der Waals surface area contributed by atoms with Gasteiger partial charge in [-0.3, -0.25) is 0 Å². The summed E-state index contributed by atoms with van der Waals surface area (Å²) in [5, 5.41) is 8.40. The quantitative estimate of drug-likeness (QED) is 0.273. The van der Waals surface area contributed by atoms with Gasteiger partial charge in [0.25, 0.3) is 0 Å². The second-order valence-electron chi connectivity index (χ2n) is 7.85. The Morgan fingerprint density at radius 2 is 1.66 bits per heavy atom. The molecule has 0 fully saturated rings. The van der Waals surface area contributed by atoms with Gasteiger partial charge in [0.15, 0.2) is 6.20 Å². The number of furan rings is 1. The first kappa shape index (κ1) is 16.8. The van der Waals surface area contributed by atoms with Crippen molar-refractivity contribution >= 4 is 54.1 Å². The summed E-state index contributed by atoms with van der Waals surface area (Å²) >= 11 is 1.82. The minimum Gasteiger partial charge on any atom is -0.456 e. The number of fused-ring (bicyclic) bond motifs is 5. The number of pyridine rings is 1. The molecule has 0 atom stereocenters. The van der Waals surface area contributed by atoms with Gasteiger partial charge in [0.05, 0.1) is 5.56 Å². The Labute approximate surface area is 172 Å². The molecule has 3 aromatic carbocycles. The summed E-state index contributed by atoms with van der Waals surface area (Å²) < 4.78 is 9.96. The highest BCUT2D eigenvalue weighted by molar-refractivity contribution is 7.17. The average Bonchev–Trinajstić information content (AvgIpc) is 3.28. The fourth-order valence-electron chi connectivity index (χ4n) is 4.49. The summed E-state index contributed by atoms with van der Waals surface area (Å²) in [6, 6.07) is 19.6. The van der Waals surface area contributed by atoms with Crippen LogP contribution >= 0.6 is 11.3 Å². The highest BCUT2D eigenvalue weighted by atomic mass is 32.1. The molecule has 0 saturated heterocycles. The third-order valence-electron chi connectivity index (χ3n) is 6.07. The second kappa shape index (κ2) is 5.91. The number of nitrogens with zero attached hydrogens (tertiary/aromatic N) is 1. The third-order valence-corrected chi connectivity index (χ3v) is 7.19. The van der Waals surface area contributed by atoms with Crippen LogP contribution in [-0.2, 0) is 7.05 Å². The molecule has 140 valence electrons. The molecule has 0 saturated carbocycles. The zero-order valence-electron chi connectivity index (χ0n) is 16.6. The van der Waals surface area contributed by atoms with Gasteiger partial charge in [-0.25, -0.2) is 0 Å². The molecule has 0 aliphatic carbocycles. The third kappa shape index (κ3) is 2.31. The van der Waals surface area contributed by atoms with Gasteiger partial charge in [0.2, 0.25) is 5.69 Å². The minimum atomic E-state index is 0.952. The van der Waals surface area contributed by atoms with Crippen molar-refractivity contribution in [1.82, 2.24) is 0 Å². The Hall–Kier alpha value is -3.17. The van der Waals surface area contributed by atoms with Gasteiger partial charge in [0, 0.05) is 27.8 Å². The van der Waals surface area contributed by atoms with E-state index in [-0.39, 0.29) is 0 Å². The van der Waals surface area contributed by atoms with Crippen molar-refractivity contribution in [3.05, 3.63) is 77.3 Å². The molecule has 0 aliphatic heterocycles. The van der Waals surface area contributed by atoms with Gasteiger partial charge >= 0.3 is 0 Å². The van der Waals surface area contributed by atoms with E-state index >= 15 is 0 Å². The predicted octanol–water partition coefficient (Wildman–Crippen LogP) is 7.06. The lowest BCUT2D eigenvalue weighted by Gasteiger charge is -2.06. The van der Waals surface area contributed by atoms with Crippen LogP contribution in [0.2, 0.25) is 0 Å². The van der Waals surface area contributed by atoms with E-state index in [1.165, 1.54) is 54.0 Å². The molecule has 6 rings (SSSR count). The topological polar surface area (TPSA) is 17.0 Å². The molecule has 0 spiro atoms. The Kier molecular flexibility index (Phi) is 3.42. The van der Waals surface area contributed by atoms with Crippen molar-refractivity contribution in [2.75, 3.05) is 0 Å². The summed E-state index contributed by atoms with van der Waals surface area (Å²) in [5.41, 5.74) is 6.95. The molecule has 0 amide bonds. The van der Waals surface area contributed by atoms with Crippen LogP contribution in [0.3, 0.4) is 0 Å². The lowest BCUT2D eigenvalue weighted by Crippen LogP contribution is -2.30. The molecule has 6 aromatic rings. The molecule has 0 aliphatic rings. The Morgan fingerprint density at radius 3 is 2.48 bits per heavy atom. The number of rotatable bonds is 1. The molecule has 3 heterocycles. The monoisotopic (exact) mass is 394 g/mol. The molecule has 3 heteroatoms. The van der Waals surface area contributed by atoms with Crippen LogP contribution in [0.15, 0.2) is 70.6 Å². The Morgan fingerprint density at radius 1 is 0.862 bits per heavy atom. The number of aromatic nitrogens is 1. The van der Waals surface area contributed by atoms with Crippen molar-refractivity contribution in [1.29, 1.82) is 0 Å². The van der Waals surface area contributed by atoms with Gasteiger partial charge in [-0.2, -0.15) is 4.57 Å². The first-order chi connectivity index (χ1) is 14.1. The van der Waals surface area contributed by atoms with E-state index < -0.39 is 0 Å². The number of thiophene rings is 1. The van der Waals surface area contributed by atoms with Gasteiger partial charge in [-0.15, -0.1) is 11.3 Å². The van der Waals surface area contributed by atoms with Crippen LogP contribution in [0.5, 0.6) is 0 Å². The summed E-state index contributed by atoms with van der Waals surface area (Å²) in [6.45, 7) is 4.36. The lowest BCUT2D eigenvalue weighted by molar-refractivity contribution is -0.659. The summed E-state index contributed by atoms with van der Waals surface area (Å²) in [6.07, 6.45) is 2.16. The maximum absolute atomic E-state index is 6.40. The molecule has 0 N–H and O–H groups in total. The van der Waals surface area contributed by atoms with Gasteiger partial charge in [0.1, 0.15) is 22.9 Å². The number of benzene rings is 3. The van der Waals surface area contributed by atoms with Gasteiger partial charge in [-0.1, -0.05) is 24.3 Å². The molecule has 29 heavy (non-hydrogen) atoms. The summed E-state index contributed by atoms with van der Waals surface area (Å²) in [4.78, 5) is 0. The maximum atomic E-state index is 6.40. The summed E-state index contributed by atoms with van der Waals surface area (Å²) in [7, 11) is 2.12.